The summed E-state index contributed by atoms with van der Waals surface area (Å²) >= 11 is 0. The standard InChI is InChI=1S/C28H30N2O7/c1-34-20-9-7-18(8-10-20)24-23(25(31)22-17-19-5-3-6-21(35-2)27(19)37-22)26(32)28(33)30(24)12-4-11-29-13-15-36-16-14-29/h3,5-10,17,24,32H,4,11-16H2,1-2H3/t24-/m0/s1. The number of morpholine rings is 1. The van der Waals surface area contributed by atoms with Gasteiger partial charge in [-0.15, -0.1) is 0 Å². The molecule has 5 rings (SSSR count). The topological polar surface area (TPSA) is 102 Å². The van der Waals surface area contributed by atoms with Crippen LogP contribution in [-0.4, -0.2) is 80.2 Å². The summed E-state index contributed by atoms with van der Waals surface area (Å²) in [4.78, 5) is 30.9. The largest absolute Gasteiger partial charge is 0.503 e. The molecule has 2 aliphatic heterocycles. The number of fused-ring (bicyclic) bond motifs is 1. The molecule has 194 valence electrons. The number of para-hydroxylation sites is 1. The Labute approximate surface area is 214 Å². The van der Waals surface area contributed by atoms with Crippen molar-refractivity contribution in [3.8, 4) is 11.5 Å². The lowest BCUT2D eigenvalue weighted by Gasteiger charge is -2.30. The highest BCUT2D eigenvalue weighted by Crippen LogP contribution is 2.40. The van der Waals surface area contributed by atoms with Gasteiger partial charge in [-0.2, -0.15) is 0 Å². The highest BCUT2D eigenvalue weighted by atomic mass is 16.5. The van der Waals surface area contributed by atoms with Crippen LogP contribution in [-0.2, 0) is 9.53 Å². The molecule has 3 aromatic rings. The second-order valence-corrected chi connectivity index (χ2v) is 9.06. The van der Waals surface area contributed by atoms with Gasteiger partial charge in [0.1, 0.15) is 5.75 Å². The van der Waals surface area contributed by atoms with E-state index in [1.165, 1.54) is 7.11 Å². The van der Waals surface area contributed by atoms with Crippen molar-refractivity contribution in [3.05, 3.63) is 71.2 Å². The number of aliphatic hydroxyl groups excluding tert-OH is 1. The number of methoxy groups -OCH3 is 2. The summed E-state index contributed by atoms with van der Waals surface area (Å²) in [5.74, 6) is -0.487. The molecule has 1 atom stereocenters. The van der Waals surface area contributed by atoms with Gasteiger partial charge >= 0.3 is 0 Å². The Morgan fingerprint density at radius 1 is 1.05 bits per heavy atom. The van der Waals surface area contributed by atoms with Crippen molar-refractivity contribution in [2.24, 2.45) is 0 Å². The number of nitrogens with zero attached hydrogens (tertiary/aromatic N) is 2. The number of carbonyl (C=O) groups excluding carboxylic acids is 2. The van der Waals surface area contributed by atoms with E-state index in [9.17, 15) is 14.7 Å². The summed E-state index contributed by atoms with van der Waals surface area (Å²) in [6.45, 7) is 4.25. The predicted octanol–water partition coefficient (Wildman–Crippen LogP) is 3.75. The van der Waals surface area contributed by atoms with Gasteiger partial charge < -0.3 is 28.6 Å². The second-order valence-electron chi connectivity index (χ2n) is 9.06. The lowest BCUT2D eigenvalue weighted by atomic mass is 9.95. The number of ketones is 1. The minimum Gasteiger partial charge on any atom is -0.503 e. The monoisotopic (exact) mass is 506 g/mol. The first-order valence-corrected chi connectivity index (χ1v) is 12.3. The minimum atomic E-state index is -0.759. The van der Waals surface area contributed by atoms with Gasteiger partial charge in [0.2, 0.25) is 5.78 Å². The predicted molar refractivity (Wildman–Crippen MR) is 136 cm³/mol. The normalized spacial score (nSPS) is 18.6. The van der Waals surface area contributed by atoms with Crippen LogP contribution in [0.15, 0.2) is 64.3 Å². The van der Waals surface area contributed by atoms with Gasteiger partial charge in [-0.25, -0.2) is 0 Å². The minimum absolute atomic E-state index is 0.000405. The van der Waals surface area contributed by atoms with E-state index in [0.717, 1.165) is 19.6 Å². The zero-order chi connectivity index (χ0) is 25.9. The summed E-state index contributed by atoms with van der Waals surface area (Å²) in [6, 6.07) is 13.4. The Hall–Kier alpha value is -3.82. The number of hydrogen-bond donors (Lipinski definition) is 1. The average Bonchev–Trinajstić information content (AvgIpc) is 3.48. The Morgan fingerprint density at radius 2 is 1.81 bits per heavy atom. The number of benzene rings is 2. The first-order valence-electron chi connectivity index (χ1n) is 12.3. The molecule has 0 aliphatic carbocycles. The maximum Gasteiger partial charge on any atom is 0.290 e. The van der Waals surface area contributed by atoms with E-state index in [-0.39, 0.29) is 11.3 Å². The molecule has 9 nitrogen and oxygen atoms in total. The van der Waals surface area contributed by atoms with Crippen molar-refractivity contribution in [3.63, 3.8) is 0 Å². The molecular formula is C28H30N2O7. The lowest BCUT2D eigenvalue weighted by Crippen LogP contribution is -2.39. The summed E-state index contributed by atoms with van der Waals surface area (Å²) in [6.07, 6.45) is 0.689. The number of furan rings is 1. The number of ether oxygens (including phenoxy) is 3. The van der Waals surface area contributed by atoms with E-state index in [1.54, 1.807) is 54.5 Å². The molecule has 1 aromatic heterocycles. The van der Waals surface area contributed by atoms with Crippen LogP contribution >= 0.6 is 0 Å². The van der Waals surface area contributed by atoms with Gasteiger partial charge in [0, 0.05) is 31.6 Å². The van der Waals surface area contributed by atoms with Crippen molar-refractivity contribution >= 4 is 22.7 Å². The molecule has 0 radical (unpaired) electrons. The SMILES string of the molecule is COc1ccc([C@H]2C(C(=O)c3cc4cccc(OC)c4o3)=C(O)C(=O)N2CCCN2CCOCC2)cc1. The molecule has 1 N–H and O–H groups in total. The van der Waals surface area contributed by atoms with Crippen LogP contribution in [0.3, 0.4) is 0 Å². The maximum absolute atomic E-state index is 13.8. The van der Waals surface area contributed by atoms with Crippen LogP contribution in [0.25, 0.3) is 11.0 Å². The molecule has 1 fully saturated rings. The van der Waals surface area contributed by atoms with Gasteiger partial charge in [0.15, 0.2) is 22.9 Å². The number of rotatable bonds is 9. The Kier molecular flexibility index (Phi) is 7.16. The van der Waals surface area contributed by atoms with Crippen molar-refractivity contribution in [1.82, 2.24) is 9.80 Å². The van der Waals surface area contributed by atoms with Crippen LogP contribution in [0.5, 0.6) is 11.5 Å². The molecule has 0 saturated carbocycles. The van der Waals surface area contributed by atoms with Crippen molar-refractivity contribution in [2.45, 2.75) is 12.5 Å². The van der Waals surface area contributed by atoms with Crippen LogP contribution in [0, 0.1) is 0 Å². The fraction of sp³-hybridized carbons (Fsp3) is 0.357. The quantitative estimate of drug-likeness (QED) is 0.438. The van der Waals surface area contributed by atoms with E-state index in [4.69, 9.17) is 18.6 Å². The molecule has 0 unspecified atom stereocenters. The third-order valence-electron chi connectivity index (χ3n) is 6.91. The van der Waals surface area contributed by atoms with Crippen molar-refractivity contribution < 1.29 is 33.3 Å². The molecule has 37 heavy (non-hydrogen) atoms. The van der Waals surface area contributed by atoms with Crippen molar-refractivity contribution in [2.75, 3.05) is 53.6 Å². The summed E-state index contributed by atoms with van der Waals surface area (Å²) in [7, 11) is 3.10. The van der Waals surface area contributed by atoms with E-state index in [2.05, 4.69) is 4.90 Å². The fourth-order valence-electron chi connectivity index (χ4n) is 4.98. The first kappa shape index (κ1) is 24.9. The zero-order valence-electron chi connectivity index (χ0n) is 20.9. The average molecular weight is 507 g/mol. The second kappa shape index (κ2) is 10.7. The van der Waals surface area contributed by atoms with Gasteiger partial charge in [0.25, 0.3) is 5.91 Å². The van der Waals surface area contributed by atoms with E-state index in [0.29, 0.717) is 54.2 Å². The van der Waals surface area contributed by atoms with Gasteiger partial charge in [-0.05, 0) is 36.2 Å². The van der Waals surface area contributed by atoms with Crippen molar-refractivity contribution in [1.29, 1.82) is 0 Å². The maximum atomic E-state index is 13.8. The number of carbonyl (C=O) groups is 2. The molecule has 2 aliphatic rings. The molecule has 9 heteroatoms. The van der Waals surface area contributed by atoms with Crippen LogP contribution in [0.2, 0.25) is 0 Å². The Bertz CT molecular complexity index is 1320. The van der Waals surface area contributed by atoms with E-state index < -0.39 is 23.5 Å². The van der Waals surface area contributed by atoms with Gasteiger partial charge in [-0.3, -0.25) is 14.5 Å². The number of amides is 1. The van der Waals surface area contributed by atoms with Gasteiger partial charge in [-0.1, -0.05) is 24.3 Å². The molecule has 1 saturated heterocycles. The fourth-order valence-corrected chi connectivity index (χ4v) is 4.98. The number of hydrogen-bond acceptors (Lipinski definition) is 8. The number of Topliss-reactive ketones (excluding diaryl/α,β-unsaturated/α-hetero) is 1. The first-order chi connectivity index (χ1) is 18.0. The molecule has 0 spiro atoms. The highest BCUT2D eigenvalue weighted by molar-refractivity contribution is 6.16. The Balaban J connectivity index is 1.47. The molecule has 1 amide bonds. The molecule has 0 bridgehead atoms. The van der Waals surface area contributed by atoms with E-state index in [1.807, 2.05) is 6.07 Å². The smallest absolute Gasteiger partial charge is 0.290 e. The zero-order valence-corrected chi connectivity index (χ0v) is 20.9. The lowest BCUT2D eigenvalue weighted by molar-refractivity contribution is -0.129. The highest BCUT2D eigenvalue weighted by Gasteiger charge is 2.44. The van der Waals surface area contributed by atoms with Crippen LogP contribution < -0.4 is 9.47 Å². The summed E-state index contributed by atoms with van der Waals surface area (Å²) in [5, 5.41) is 11.7. The Morgan fingerprint density at radius 3 is 2.51 bits per heavy atom. The molecule has 3 heterocycles. The third-order valence-corrected chi connectivity index (χ3v) is 6.91. The van der Waals surface area contributed by atoms with E-state index >= 15 is 0 Å². The van der Waals surface area contributed by atoms with Gasteiger partial charge in [0.05, 0.1) is 39.0 Å². The number of aliphatic hydroxyl groups is 1. The van der Waals surface area contributed by atoms with Crippen LogP contribution in [0.4, 0.5) is 0 Å². The summed E-state index contributed by atoms with van der Waals surface area (Å²) in [5.41, 5.74) is 1.13. The third kappa shape index (κ3) is 4.80. The van der Waals surface area contributed by atoms with Crippen LogP contribution in [0.1, 0.15) is 28.6 Å². The summed E-state index contributed by atoms with van der Waals surface area (Å²) < 4.78 is 21.9. The molecule has 2 aromatic carbocycles. The molecular weight excluding hydrogens is 476 g/mol.